The molecule has 0 atom stereocenters. The fourth-order valence-corrected chi connectivity index (χ4v) is 5.56. The van der Waals surface area contributed by atoms with E-state index in [9.17, 15) is 0 Å². The highest BCUT2D eigenvalue weighted by Crippen LogP contribution is 2.45. The molecule has 0 bridgehead atoms. The van der Waals surface area contributed by atoms with Gasteiger partial charge in [-0.15, -0.1) is 0 Å². The molecular weight excluding hydrogens is 406 g/mol. The average Bonchev–Trinajstić information content (AvgIpc) is 3.06. The van der Waals surface area contributed by atoms with E-state index in [0.717, 1.165) is 24.9 Å². The highest BCUT2D eigenvalue weighted by molar-refractivity contribution is 9.10. The molecule has 1 heterocycles. The van der Waals surface area contributed by atoms with Crippen LogP contribution in [0.15, 0.2) is 54.0 Å². The number of halogens is 1. The number of allylic oxidation sites excluding steroid dienone is 1. The van der Waals surface area contributed by atoms with Gasteiger partial charge < -0.3 is 4.57 Å². The molecule has 0 fully saturated rings. The number of rotatable bonds is 3. The molecule has 0 radical (unpaired) electrons. The Balaban J connectivity index is 2.21. The van der Waals surface area contributed by atoms with Crippen molar-refractivity contribution in [1.29, 1.82) is 0 Å². The summed E-state index contributed by atoms with van der Waals surface area (Å²) in [5.41, 5.74) is 7.63. The second kappa shape index (κ2) is 6.49. The fraction of sp³-hybridized carbons (Fsp3) is 0.154. The summed E-state index contributed by atoms with van der Waals surface area (Å²) in [4.78, 5) is 0. The summed E-state index contributed by atoms with van der Waals surface area (Å²) in [6.45, 7) is 11.5. The molecule has 4 aromatic rings. The van der Waals surface area contributed by atoms with E-state index in [-0.39, 0.29) is 0 Å². The van der Waals surface area contributed by atoms with Gasteiger partial charge in [-0.25, -0.2) is 0 Å². The first-order chi connectivity index (χ1) is 13.7. The molecular formula is C26H22BrN. The molecule has 0 unspecified atom stereocenters. The van der Waals surface area contributed by atoms with E-state index in [1.54, 1.807) is 0 Å². The van der Waals surface area contributed by atoms with Gasteiger partial charge in [-0.2, -0.15) is 0 Å². The molecule has 0 spiro atoms. The molecule has 138 valence electrons. The normalized spacial score (nSPS) is 13.4. The van der Waals surface area contributed by atoms with Crippen molar-refractivity contribution in [2.75, 3.05) is 0 Å². The molecule has 0 N–H and O–H groups in total. The highest BCUT2D eigenvalue weighted by Gasteiger charge is 2.23. The Morgan fingerprint density at radius 2 is 1.86 bits per heavy atom. The van der Waals surface area contributed by atoms with Gasteiger partial charge in [0.15, 0.2) is 0 Å². The number of para-hydroxylation sites is 1. The molecule has 0 aliphatic heterocycles. The average molecular weight is 428 g/mol. The molecule has 28 heavy (non-hydrogen) atoms. The monoisotopic (exact) mass is 427 g/mol. The topological polar surface area (TPSA) is 4.93 Å². The molecule has 1 aromatic heterocycles. The minimum Gasteiger partial charge on any atom is -0.340 e. The van der Waals surface area contributed by atoms with Gasteiger partial charge in [-0.05, 0) is 59.4 Å². The number of aryl methyl sites for hydroxylation is 1. The van der Waals surface area contributed by atoms with E-state index in [0.29, 0.717) is 0 Å². The molecule has 1 aliphatic carbocycles. The zero-order chi connectivity index (χ0) is 19.4. The maximum atomic E-state index is 4.17. The lowest BCUT2D eigenvalue weighted by Gasteiger charge is -2.20. The number of fused-ring (bicyclic) bond motifs is 7. The first-order valence-electron chi connectivity index (χ1n) is 9.84. The summed E-state index contributed by atoms with van der Waals surface area (Å²) < 4.78 is 3.62. The summed E-state index contributed by atoms with van der Waals surface area (Å²) in [6.07, 6.45) is 10.8. The van der Waals surface area contributed by atoms with Crippen LogP contribution in [-0.4, -0.2) is 4.57 Å². The van der Waals surface area contributed by atoms with Crippen LogP contribution in [0.5, 0.6) is 0 Å². The summed E-state index contributed by atoms with van der Waals surface area (Å²) in [6, 6.07) is 11.0. The molecule has 1 nitrogen and oxygen atoms in total. The van der Waals surface area contributed by atoms with E-state index in [1.807, 2.05) is 12.2 Å². The van der Waals surface area contributed by atoms with E-state index in [1.165, 1.54) is 53.7 Å². The van der Waals surface area contributed by atoms with Gasteiger partial charge in [-0.1, -0.05) is 71.6 Å². The molecule has 3 aromatic carbocycles. The van der Waals surface area contributed by atoms with Gasteiger partial charge in [0.05, 0.1) is 5.52 Å². The minimum absolute atomic E-state index is 0.918. The molecule has 2 heteroatoms. The third kappa shape index (κ3) is 2.18. The van der Waals surface area contributed by atoms with Crippen LogP contribution in [0.4, 0.5) is 0 Å². The zero-order valence-electron chi connectivity index (χ0n) is 16.1. The van der Waals surface area contributed by atoms with Crippen LogP contribution in [-0.2, 0) is 13.0 Å². The lowest BCUT2D eigenvalue weighted by atomic mass is 9.86. The number of benzene rings is 3. The Morgan fingerprint density at radius 3 is 2.61 bits per heavy atom. The Hall–Kier alpha value is -2.58. The highest BCUT2D eigenvalue weighted by atomic mass is 79.9. The van der Waals surface area contributed by atoms with E-state index >= 15 is 0 Å². The van der Waals surface area contributed by atoms with Crippen LogP contribution >= 0.6 is 15.9 Å². The van der Waals surface area contributed by atoms with Gasteiger partial charge in [0.25, 0.3) is 0 Å². The van der Waals surface area contributed by atoms with Crippen LogP contribution in [0.3, 0.4) is 0 Å². The third-order valence-electron chi connectivity index (χ3n) is 6.05. The van der Waals surface area contributed by atoms with Crippen molar-refractivity contribution in [1.82, 2.24) is 4.57 Å². The predicted molar refractivity (Wildman–Crippen MR) is 128 cm³/mol. The molecule has 5 rings (SSSR count). The van der Waals surface area contributed by atoms with Crippen molar-refractivity contribution < 1.29 is 0 Å². The van der Waals surface area contributed by atoms with E-state index in [4.69, 9.17) is 0 Å². The van der Waals surface area contributed by atoms with Crippen molar-refractivity contribution >= 4 is 66.7 Å². The summed E-state index contributed by atoms with van der Waals surface area (Å²) in [5, 5.41) is 5.23. The van der Waals surface area contributed by atoms with Crippen molar-refractivity contribution in [2.45, 2.75) is 26.3 Å². The standard InChI is InChI=1S/C26H22BrN/c1-4-16-17(5-2)26-25(20-13-9-10-14-23(20)28(26)6-3)24-19-12-8-7-11-18(19)22(27)15-21(16)24/h4-5,8-10,12-15H,1-2,6-7,11H2,3H3. The Kier molecular flexibility index (Phi) is 4.06. The number of aromatic nitrogens is 1. The number of hydrogen-bond acceptors (Lipinski definition) is 0. The predicted octanol–water partition coefficient (Wildman–Crippen LogP) is 7.98. The quantitative estimate of drug-likeness (QED) is 0.312. The maximum Gasteiger partial charge on any atom is 0.0577 e. The van der Waals surface area contributed by atoms with Gasteiger partial charge in [0.2, 0.25) is 0 Å². The van der Waals surface area contributed by atoms with Gasteiger partial charge in [-0.3, -0.25) is 0 Å². The summed E-state index contributed by atoms with van der Waals surface area (Å²) >= 11 is 3.85. The van der Waals surface area contributed by atoms with Gasteiger partial charge >= 0.3 is 0 Å². The fourth-order valence-electron chi connectivity index (χ4n) is 4.92. The largest absolute Gasteiger partial charge is 0.340 e. The first kappa shape index (κ1) is 17.5. The van der Waals surface area contributed by atoms with Crippen LogP contribution in [0.2, 0.25) is 0 Å². The first-order valence-corrected chi connectivity index (χ1v) is 10.6. The van der Waals surface area contributed by atoms with Crippen LogP contribution < -0.4 is 0 Å². The molecule has 0 saturated heterocycles. The Labute approximate surface area is 173 Å². The second-order valence-electron chi connectivity index (χ2n) is 7.33. The second-order valence-corrected chi connectivity index (χ2v) is 8.19. The lowest BCUT2D eigenvalue weighted by Crippen LogP contribution is -2.01. The smallest absolute Gasteiger partial charge is 0.0577 e. The SMILES string of the molecule is C=Cc1c(C=C)c2c(c3ccccc3n2CC)c2c3c(c(Br)cc12)CCC=C3. The van der Waals surface area contributed by atoms with Gasteiger partial charge in [0.1, 0.15) is 0 Å². The number of hydrogen-bond donors (Lipinski definition) is 0. The van der Waals surface area contributed by atoms with Crippen LogP contribution in [0, 0.1) is 0 Å². The Morgan fingerprint density at radius 1 is 1.07 bits per heavy atom. The van der Waals surface area contributed by atoms with E-state index < -0.39 is 0 Å². The lowest BCUT2D eigenvalue weighted by molar-refractivity contribution is 0.826. The van der Waals surface area contributed by atoms with Crippen molar-refractivity contribution in [3.63, 3.8) is 0 Å². The maximum absolute atomic E-state index is 4.17. The minimum atomic E-state index is 0.918. The summed E-state index contributed by atoms with van der Waals surface area (Å²) in [7, 11) is 0. The number of nitrogens with zero attached hydrogens (tertiary/aromatic N) is 1. The van der Waals surface area contributed by atoms with Crippen molar-refractivity contribution in [3.05, 3.63) is 76.3 Å². The van der Waals surface area contributed by atoms with Gasteiger partial charge in [0, 0.05) is 32.9 Å². The van der Waals surface area contributed by atoms with Crippen LogP contribution in [0.1, 0.15) is 35.6 Å². The Bertz CT molecular complexity index is 1330. The molecule has 1 aliphatic rings. The zero-order valence-corrected chi connectivity index (χ0v) is 17.6. The van der Waals surface area contributed by atoms with Crippen LogP contribution in [0.25, 0.3) is 50.8 Å². The van der Waals surface area contributed by atoms with Crippen molar-refractivity contribution in [2.24, 2.45) is 0 Å². The third-order valence-corrected chi connectivity index (χ3v) is 6.76. The molecule has 0 amide bonds. The summed E-state index contributed by atoms with van der Waals surface area (Å²) in [5.74, 6) is 0. The molecule has 0 saturated carbocycles. The van der Waals surface area contributed by atoms with E-state index in [2.05, 4.69) is 83.1 Å². The van der Waals surface area contributed by atoms with Crippen molar-refractivity contribution in [3.8, 4) is 0 Å².